The van der Waals surface area contributed by atoms with Crippen molar-refractivity contribution in [2.45, 2.75) is 12.5 Å². The zero-order valence-electron chi connectivity index (χ0n) is 24.2. The topological polar surface area (TPSA) is 68.2 Å². The molecule has 0 radical (unpaired) electrons. The number of carbonyl (C=O) groups is 2. The lowest BCUT2D eigenvalue weighted by molar-refractivity contribution is -0.129. The van der Waals surface area contributed by atoms with Crippen molar-refractivity contribution >= 4 is 40.5 Å². The van der Waals surface area contributed by atoms with E-state index in [0.29, 0.717) is 23.4 Å². The molecular weight excluding hydrogens is 548 g/mol. The first-order valence-electron chi connectivity index (χ1n) is 14.3. The Balaban J connectivity index is 1.37. The predicted octanol–water partition coefficient (Wildman–Crippen LogP) is 7.86. The Morgan fingerprint density at radius 3 is 2.07 bits per heavy atom. The van der Waals surface area contributed by atoms with E-state index in [1.807, 2.05) is 121 Å². The summed E-state index contributed by atoms with van der Waals surface area (Å²) in [4.78, 5) is 26.7. The normalized spacial score (nSPS) is 14.7. The summed E-state index contributed by atoms with van der Waals surface area (Å²) in [6.07, 6.45) is 6.89. The van der Waals surface area contributed by atoms with Gasteiger partial charge < -0.3 is 9.47 Å². The molecule has 5 aromatic carbocycles. The van der Waals surface area contributed by atoms with Gasteiger partial charge in [-0.1, -0.05) is 103 Å². The summed E-state index contributed by atoms with van der Waals surface area (Å²) < 4.78 is 11.4. The number of ether oxygens (including phenoxy) is 2. The molecule has 5 aromatic rings. The van der Waals surface area contributed by atoms with E-state index >= 15 is 0 Å². The molecule has 0 bridgehead atoms. The number of esters is 1. The van der Waals surface area contributed by atoms with Crippen molar-refractivity contribution in [1.29, 1.82) is 0 Å². The molecule has 0 fully saturated rings. The minimum absolute atomic E-state index is 0.255. The SMILES string of the molecule is COc1ccc([C@@H]2CC(c3ccc4ccccc4c3OC(=O)/C=C/c3ccccc3)=NN2C(=O)/C=C/c2ccccc2)cc1. The second-order valence-electron chi connectivity index (χ2n) is 10.3. The summed E-state index contributed by atoms with van der Waals surface area (Å²) in [5, 5.41) is 8.06. The second-order valence-corrected chi connectivity index (χ2v) is 10.3. The van der Waals surface area contributed by atoms with Gasteiger partial charge in [-0.25, -0.2) is 9.80 Å². The molecule has 6 heteroatoms. The van der Waals surface area contributed by atoms with Crippen LogP contribution >= 0.6 is 0 Å². The fourth-order valence-corrected chi connectivity index (χ4v) is 5.21. The van der Waals surface area contributed by atoms with E-state index in [9.17, 15) is 9.59 Å². The van der Waals surface area contributed by atoms with Crippen molar-refractivity contribution < 1.29 is 19.1 Å². The number of hydrazone groups is 1. The number of fused-ring (bicyclic) bond motifs is 1. The molecule has 1 aliphatic rings. The average molecular weight is 579 g/mol. The number of benzene rings is 5. The third-order valence-corrected chi connectivity index (χ3v) is 7.46. The van der Waals surface area contributed by atoms with Gasteiger partial charge in [-0.2, -0.15) is 5.10 Å². The van der Waals surface area contributed by atoms with Crippen LogP contribution in [0.4, 0.5) is 0 Å². The lowest BCUT2D eigenvalue weighted by Gasteiger charge is -2.21. The molecule has 0 saturated heterocycles. The first-order chi connectivity index (χ1) is 21.6. The summed E-state index contributed by atoms with van der Waals surface area (Å²) in [7, 11) is 1.62. The lowest BCUT2D eigenvalue weighted by atomic mass is 9.96. The van der Waals surface area contributed by atoms with Gasteiger partial charge in [-0.3, -0.25) is 4.79 Å². The Kier molecular flexibility index (Phi) is 8.41. The minimum Gasteiger partial charge on any atom is -0.497 e. The molecule has 0 saturated carbocycles. The molecule has 1 heterocycles. The van der Waals surface area contributed by atoms with Crippen molar-refractivity contribution in [3.8, 4) is 11.5 Å². The maximum absolute atomic E-state index is 13.6. The monoisotopic (exact) mass is 578 g/mol. The number of amides is 1. The van der Waals surface area contributed by atoms with Gasteiger partial charge in [0.2, 0.25) is 0 Å². The maximum atomic E-state index is 13.6. The molecule has 0 spiro atoms. The zero-order chi connectivity index (χ0) is 30.3. The molecule has 0 unspecified atom stereocenters. The maximum Gasteiger partial charge on any atom is 0.336 e. The van der Waals surface area contributed by atoms with E-state index < -0.39 is 5.97 Å². The summed E-state index contributed by atoms with van der Waals surface area (Å²) in [6, 6.07) is 38.1. The predicted molar refractivity (Wildman–Crippen MR) is 174 cm³/mol. The van der Waals surface area contributed by atoms with Crippen LogP contribution in [0.5, 0.6) is 11.5 Å². The molecule has 44 heavy (non-hydrogen) atoms. The van der Waals surface area contributed by atoms with Crippen molar-refractivity contribution in [1.82, 2.24) is 5.01 Å². The molecule has 0 N–H and O–H groups in total. The fraction of sp³-hybridized carbons (Fsp3) is 0.0789. The standard InChI is InChI=1S/C38H30N2O4/c1-43-31-21-18-30(19-22-31)35-26-34(39-40(35)36(41)24-16-27-10-4-2-5-11-27)33-23-20-29-14-8-9-15-32(29)38(33)44-37(42)25-17-28-12-6-3-7-13-28/h2-25,35H,26H2,1H3/b24-16+,25-17+/t35-/m0/s1. The van der Waals surface area contributed by atoms with Crippen molar-refractivity contribution in [2.75, 3.05) is 7.11 Å². The van der Waals surface area contributed by atoms with Crippen LogP contribution in [0.25, 0.3) is 22.9 Å². The van der Waals surface area contributed by atoms with Crippen LogP contribution in [0, 0.1) is 0 Å². The third kappa shape index (κ3) is 6.35. The molecular formula is C38H30N2O4. The number of hydrogen-bond acceptors (Lipinski definition) is 5. The van der Waals surface area contributed by atoms with Gasteiger partial charge in [-0.15, -0.1) is 0 Å². The highest BCUT2D eigenvalue weighted by molar-refractivity contribution is 6.11. The molecule has 6 nitrogen and oxygen atoms in total. The average Bonchev–Trinajstić information content (AvgIpc) is 3.53. The van der Waals surface area contributed by atoms with Gasteiger partial charge in [0.15, 0.2) is 0 Å². The summed E-state index contributed by atoms with van der Waals surface area (Å²) in [5.41, 5.74) is 4.02. The highest BCUT2D eigenvalue weighted by atomic mass is 16.5. The quantitative estimate of drug-likeness (QED) is 0.107. The van der Waals surface area contributed by atoms with E-state index in [2.05, 4.69) is 0 Å². The van der Waals surface area contributed by atoms with Crippen LogP contribution < -0.4 is 9.47 Å². The number of methoxy groups -OCH3 is 1. The molecule has 0 aromatic heterocycles. The highest BCUT2D eigenvalue weighted by Crippen LogP contribution is 2.38. The van der Waals surface area contributed by atoms with Crippen LogP contribution in [-0.4, -0.2) is 29.7 Å². The van der Waals surface area contributed by atoms with Crippen LogP contribution in [0.1, 0.15) is 34.7 Å². The van der Waals surface area contributed by atoms with Crippen LogP contribution in [0.2, 0.25) is 0 Å². The van der Waals surface area contributed by atoms with Crippen LogP contribution in [-0.2, 0) is 9.59 Å². The van der Waals surface area contributed by atoms with Gasteiger partial charge in [-0.05, 0) is 52.4 Å². The van der Waals surface area contributed by atoms with Gasteiger partial charge >= 0.3 is 5.97 Å². The first-order valence-corrected chi connectivity index (χ1v) is 14.3. The van der Waals surface area contributed by atoms with Crippen molar-refractivity contribution in [2.24, 2.45) is 5.10 Å². The van der Waals surface area contributed by atoms with Gasteiger partial charge in [0.1, 0.15) is 11.5 Å². The van der Waals surface area contributed by atoms with E-state index in [0.717, 1.165) is 33.2 Å². The molecule has 1 aliphatic heterocycles. The third-order valence-electron chi connectivity index (χ3n) is 7.46. The largest absolute Gasteiger partial charge is 0.497 e. The van der Waals surface area contributed by atoms with E-state index in [4.69, 9.17) is 14.6 Å². The Bertz CT molecular complexity index is 1880. The fourth-order valence-electron chi connectivity index (χ4n) is 5.21. The Labute approximate surface area is 256 Å². The smallest absolute Gasteiger partial charge is 0.336 e. The van der Waals surface area contributed by atoms with Crippen LogP contribution in [0.3, 0.4) is 0 Å². The lowest BCUT2D eigenvalue weighted by Crippen LogP contribution is -2.25. The number of rotatable bonds is 8. The Morgan fingerprint density at radius 2 is 1.39 bits per heavy atom. The molecule has 0 aliphatic carbocycles. The van der Waals surface area contributed by atoms with Gasteiger partial charge in [0, 0.05) is 29.5 Å². The molecule has 1 amide bonds. The highest BCUT2D eigenvalue weighted by Gasteiger charge is 2.34. The summed E-state index contributed by atoms with van der Waals surface area (Å²) in [5.74, 6) is 0.375. The zero-order valence-corrected chi connectivity index (χ0v) is 24.2. The first kappa shape index (κ1) is 28.4. The van der Waals surface area contributed by atoms with Crippen molar-refractivity contribution in [3.63, 3.8) is 0 Å². The van der Waals surface area contributed by atoms with Crippen molar-refractivity contribution in [3.05, 3.63) is 156 Å². The van der Waals surface area contributed by atoms with E-state index in [-0.39, 0.29) is 11.9 Å². The van der Waals surface area contributed by atoms with Gasteiger partial charge in [0.05, 0.1) is 18.9 Å². The molecule has 216 valence electrons. The van der Waals surface area contributed by atoms with E-state index in [1.54, 1.807) is 19.3 Å². The molecule has 1 atom stereocenters. The Hall–Kier alpha value is -5.75. The second kappa shape index (κ2) is 13.0. The minimum atomic E-state index is -0.504. The number of nitrogens with zero attached hydrogens (tertiary/aromatic N) is 2. The molecule has 6 rings (SSSR count). The van der Waals surface area contributed by atoms with E-state index in [1.165, 1.54) is 17.2 Å². The summed E-state index contributed by atoms with van der Waals surface area (Å²) >= 11 is 0. The van der Waals surface area contributed by atoms with Gasteiger partial charge in [0.25, 0.3) is 5.91 Å². The van der Waals surface area contributed by atoms with Crippen LogP contribution in [0.15, 0.2) is 139 Å². The number of carbonyl (C=O) groups excluding carboxylic acids is 2. The summed E-state index contributed by atoms with van der Waals surface area (Å²) in [6.45, 7) is 0. The Morgan fingerprint density at radius 1 is 0.750 bits per heavy atom. The number of hydrogen-bond donors (Lipinski definition) is 0.